The topological polar surface area (TPSA) is 18.5 Å². The summed E-state index contributed by atoms with van der Waals surface area (Å²) in [6.07, 6.45) is 0. The summed E-state index contributed by atoms with van der Waals surface area (Å²) in [6, 6.07) is 5.86. The molecule has 1 aromatic rings. The highest BCUT2D eigenvalue weighted by Gasteiger charge is 2.12. The van der Waals surface area contributed by atoms with E-state index in [1.807, 2.05) is 25.1 Å². The minimum Gasteiger partial charge on any atom is -0.485 e. The van der Waals surface area contributed by atoms with Crippen molar-refractivity contribution in [1.82, 2.24) is 0 Å². The Morgan fingerprint density at radius 3 is 3.09 bits per heavy atom. The predicted molar refractivity (Wildman–Crippen MR) is 41.6 cm³/mol. The number of benzene rings is 1. The lowest BCUT2D eigenvalue weighted by Crippen LogP contribution is -2.10. The van der Waals surface area contributed by atoms with Gasteiger partial charge in [-0.2, -0.15) is 0 Å². The molecule has 0 saturated heterocycles. The summed E-state index contributed by atoms with van der Waals surface area (Å²) in [5.74, 6) is 1.69. The second-order valence-corrected chi connectivity index (χ2v) is 2.50. The van der Waals surface area contributed by atoms with Gasteiger partial charge in [0.15, 0.2) is 18.1 Å². The van der Waals surface area contributed by atoms with Crippen molar-refractivity contribution in [3.05, 3.63) is 30.4 Å². The van der Waals surface area contributed by atoms with Gasteiger partial charge >= 0.3 is 0 Å². The van der Waals surface area contributed by atoms with Crippen LogP contribution in [-0.4, -0.2) is 6.61 Å². The highest BCUT2D eigenvalue weighted by Crippen LogP contribution is 2.33. The number of ether oxygens (including phenoxy) is 2. The predicted octanol–water partition coefficient (Wildman–Crippen LogP) is 1.93. The van der Waals surface area contributed by atoms with Crippen LogP contribution in [0.4, 0.5) is 0 Å². The number of rotatable bonds is 0. The first kappa shape index (κ1) is 6.53. The summed E-state index contributed by atoms with van der Waals surface area (Å²) in [6.45, 7) is 4.20. The van der Waals surface area contributed by atoms with E-state index in [1.54, 1.807) is 6.61 Å². The largest absolute Gasteiger partial charge is 0.485 e. The maximum absolute atomic E-state index is 5.37. The molecule has 0 unspecified atom stereocenters. The molecule has 2 nitrogen and oxygen atoms in total. The number of hydrogen-bond donors (Lipinski definition) is 0. The molecule has 1 heterocycles. The van der Waals surface area contributed by atoms with Gasteiger partial charge in [-0.15, -0.1) is 0 Å². The number of para-hydroxylation sites is 1. The quantitative estimate of drug-likeness (QED) is 0.561. The van der Waals surface area contributed by atoms with E-state index in [0.29, 0.717) is 6.61 Å². The third-order valence-electron chi connectivity index (χ3n) is 1.68. The summed E-state index contributed by atoms with van der Waals surface area (Å²) in [5.41, 5.74) is 1.12. The number of aryl methyl sites for hydroxylation is 1. The summed E-state index contributed by atoms with van der Waals surface area (Å²) in [5, 5.41) is 0. The molecule has 0 bridgehead atoms. The van der Waals surface area contributed by atoms with Crippen LogP contribution in [0.2, 0.25) is 0 Å². The van der Waals surface area contributed by atoms with Crippen LogP contribution in [-0.2, 0) is 0 Å². The van der Waals surface area contributed by atoms with E-state index in [2.05, 4.69) is 0 Å². The Labute approximate surface area is 65.7 Å². The molecule has 11 heavy (non-hydrogen) atoms. The second kappa shape index (κ2) is 2.46. The van der Waals surface area contributed by atoms with Crippen molar-refractivity contribution >= 4 is 0 Å². The number of hydrogen-bond acceptors (Lipinski definition) is 2. The molecule has 0 fully saturated rings. The molecule has 0 aliphatic carbocycles. The zero-order valence-electron chi connectivity index (χ0n) is 6.33. The first-order valence-corrected chi connectivity index (χ1v) is 3.58. The van der Waals surface area contributed by atoms with E-state index < -0.39 is 0 Å². The SMILES string of the molecule is Cc1cccc2c1OC[CH]O2. The van der Waals surface area contributed by atoms with Crippen LogP contribution in [0.3, 0.4) is 0 Å². The van der Waals surface area contributed by atoms with Crippen LogP contribution < -0.4 is 9.47 Å². The molecule has 2 rings (SSSR count). The van der Waals surface area contributed by atoms with Gasteiger partial charge in [0.2, 0.25) is 0 Å². The highest BCUT2D eigenvalue weighted by molar-refractivity contribution is 5.46. The molecule has 0 N–H and O–H groups in total. The van der Waals surface area contributed by atoms with Gasteiger partial charge in [-0.05, 0) is 18.6 Å². The fraction of sp³-hybridized carbons (Fsp3) is 0.222. The summed E-state index contributed by atoms with van der Waals surface area (Å²) in [4.78, 5) is 0. The summed E-state index contributed by atoms with van der Waals surface area (Å²) >= 11 is 0. The molecule has 2 heteroatoms. The normalized spacial score (nSPS) is 14.6. The molecule has 0 spiro atoms. The van der Waals surface area contributed by atoms with Gasteiger partial charge in [-0.3, -0.25) is 0 Å². The fourth-order valence-corrected chi connectivity index (χ4v) is 1.14. The molecule has 1 aliphatic heterocycles. The van der Waals surface area contributed by atoms with Gasteiger partial charge in [0.05, 0.1) is 0 Å². The maximum Gasteiger partial charge on any atom is 0.173 e. The van der Waals surface area contributed by atoms with Crippen LogP contribution >= 0.6 is 0 Å². The van der Waals surface area contributed by atoms with Crippen LogP contribution in [0.1, 0.15) is 5.56 Å². The zero-order chi connectivity index (χ0) is 7.68. The van der Waals surface area contributed by atoms with Crippen molar-refractivity contribution in [2.24, 2.45) is 0 Å². The van der Waals surface area contributed by atoms with E-state index in [4.69, 9.17) is 9.47 Å². The van der Waals surface area contributed by atoms with Gasteiger partial charge in [-0.1, -0.05) is 12.1 Å². The molecule has 0 saturated carbocycles. The second-order valence-electron chi connectivity index (χ2n) is 2.50. The Kier molecular flexibility index (Phi) is 1.46. The lowest BCUT2D eigenvalue weighted by atomic mass is 10.2. The van der Waals surface area contributed by atoms with E-state index in [0.717, 1.165) is 17.1 Å². The third-order valence-corrected chi connectivity index (χ3v) is 1.68. The standard InChI is InChI=1S/C9H9O2/c1-7-3-2-4-8-9(7)11-6-5-10-8/h2-5H,6H2,1H3. The zero-order valence-corrected chi connectivity index (χ0v) is 6.33. The summed E-state index contributed by atoms with van der Waals surface area (Å²) in [7, 11) is 0. The van der Waals surface area contributed by atoms with E-state index in [1.165, 1.54) is 0 Å². The highest BCUT2D eigenvalue weighted by atomic mass is 16.6. The molecular formula is C9H9O2. The minimum absolute atomic E-state index is 0.540. The lowest BCUT2D eigenvalue weighted by molar-refractivity contribution is 0.222. The van der Waals surface area contributed by atoms with Crippen molar-refractivity contribution in [3.8, 4) is 11.5 Å². The molecule has 0 amide bonds. The van der Waals surface area contributed by atoms with Crippen molar-refractivity contribution < 1.29 is 9.47 Å². The van der Waals surface area contributed by atoms with Crippen LogP contribution in [0.5, 0.6) is 11.5 Å². The van der Waals surface area contributed by atoms with Gasteiger partial charge in [-0.25, -0.2) is 0 Å². The molecule has 0 aromatic heterocycles. The molecule has 1 radical (unpaired) electrons. The van der Waals surface area contributed by atoms with Crippen molar-refractivity contribution in [2.75, 3.05) is 6.61 Å². The Hall–Kier alpha value is -1.18. The van der Waals surface area contributed by atoms with Crippen LogP contribution in [0, 0.1) is 13.5 Å². The third kappa shape index (κ3) is 1.04. The Morgan fingerprint density at radius 2 is 2.27 bits per heavy atom. The molecule has 1 aromatic carbocycles. The van der Waals surface area contributed by atoms with Gasteiger partial charge < -0.3 is 9.47 Å². The van der Waals surface area contributed by atoms with Gasteiger partial charge in [0.1, 0.15) is 6.61 Å². The average Bonchev–Trinajstić information content (AvgIpc) is 2.06. The lowest BCUT2D eigenvalue weighted by Gasteiger charge is -2.18. The van der Waals surface area contributed by atoms with Crippen molar-refractivity contribution in [2.45, 2.75) is 6.92 Å². The maximum atomic E-state index is 5.37. The Morgan fingerprint density at radius 1 is 1.36 bits per heavy atom. The Balaban J connectivity index is 2.49. The van der Waals surface area contributed by atoms with E-state index >= 15 is 0 Å². The molecular weight excluding hydrogens is 140 g/mol. The average molecular weight is 149 g/mol. The molecule has 57 valence electrons. The van der Waals surface area contributed by atoms with Crippen LogP contribution in [0.15, 0.2) is 18.2 Å². The van der Waals surface area contributed by atoms with E-state index in [-0.39, 0.29) is 0 Å². The van der Waals surface area contributed by atoms with Crippen LogP contribution in [0.25, 0.3) is 0 Å². The van der Waals surface area contributed by atoms with Gasteiger partial charge in [0.25, 0.3) is 0 Å². The summed E-state index contributed by atoms with van der Waals surface area (Å²) < 4.78 is 10.6. The monoisotopic (exact) mass is 149 g/mol. The molecule has 0 atom stereocenters. The minimum atomic E-state index is 0.540. The van der Waals surface area contributed by atoms with Crippen molar-refractivity contribution in [3.63, 3.8) is 0 Å². The van der Waals surface area contributed by atoms with E-state index in [9.17, 15) is 0 Å². The Bertz CT molecular complexity index is 268. The first-order chi connectivity index (χ1) is 5.38. The smallest absolute Gasteiger partial charge is 0.173 e. The van der Waals surface area contributed by atoms with Crippen molar-refractivity contribution in [1.29, 1.82) is 0 Å². The fourth-order valence-electron chi connectivity index (χ4n) is 1.14. The van der Waals surface area contributed by atoms with Gasteiger partial charge in [0, 0.05) is 0 Å². The first-order valence-electron chi connectivity index (χ1n) is 3.58. The number of fused-ring (bicyclic) bond motifs is 1. The molecule has 1 aliphatic rings.